The van der Waals surface area contributed by atoms with Gasteiger partial charge in [-0.15, -0.1) is 0 Å². The van der Waals surface area contributed by atoms with Crippen LogP contribution in [-0.4, -0.2) is 29.9 Å². The van der Waals surface area contributed by atoms with Gasteiger partial charge in [0.15, 0.2) is 6.29 Å². The van der Waals surface area contributed by atoms with E-state index >= 15 is 0 Å². The molecule has 2 nitrogen and oxygen atoms in total. The minimum atomic E-state index is 0.272. The molecule has 1 aliphatic heterocycles. The number of nitrogens with zero attached hydrogens (tertiary/aromatic N) is 1. The summed E-state index contributed by atoms with van der Waals surface area (Å²) >= 11 is 2.00. The zero-order chi connectivity index (χ0) is 11.6. The number of carbonyl (C=O) groups is 1. The largest absolute Gasteiger partial charge is 0.369 e. The van der Waals surface area contributed by atoms with Crippen LogP contribution in [0.25, 0.3) is 0 Å². The lowest BCUT2D eigenvalue weighted by atomic mass is 10.1. The topological polar surface area (TPSA) is 20.3 Å². The smallest absolute Gasteiger partial charge is 0.152 e. The first-order valence-electron chi connectivity index (χ1n) is 5.55. The highest BCUT2D eigenvalue weighted by atomic mass is 32.2. The second kappa shape index (κ2) is 4.50. The van der Waals surface area contributed by atoms with Gasteiger partial charge in [-0.25, -0.2) is 0 Å². The van der Waals surface area contributed by atoms with Crippen molar-refractivity contribution in [3.63, 3.8) is 0 Å². The van der Waals surface area contributed by atoms with E-state index in [1.807, 2.05) is 36.0 Å². The summed E-state index contributed by atoms with van der Waals surface area (Å²) in [6.45, 7) is 6.54. The SMILES string of the molecule is CC1(C)CN(c2ccccc2C=O)CCS1. The zero-order valence-electron chi connectivity index (χ0n) is 9.77. The van der Waals surface area contributed by atoms with Gasteiger partial charge in [-0.2, -0.15) is 11.8 Å². The van der Waals surface area contributed by atoms with Gasteiger partial charge >= 0.3 is 0 Å². The number of carbonyl (C=O) groups excluding carboxylic acids is 1. The summed E-state index contributed by atoms with van der Waals surface area (Å²) in [7, 11) is 0. The molecule has 0 aliphatic carbocycles. The van der Waals surface area contributed by atoms with Crippen LogP contribution in [-0.2, 0) is 0 Å². The van der Waals surface area contributed by atoms with Crippen molar-refractivity contribution in [2.75, 3.05) is 23.7 Å². The van der Waals surface area contributed by atoms with Crippen molar-refractivity contribution in [3.05, 3.63) is 29.8 Å². The molecule has 0 aromatic heterocycles. The predicted octanol–water partition coefficient (Wildman–Crippen LogP) is 2.83. The third-order valence-corrected chi connectivity index (χ3v) is 4.13. The molecule has 1 fully saturated rings. The van der Waals surface area contributed by atoms with Crippen molar-refractivity contribution in [2.45, 2.75) is 18.6 Å². The predicted molar refractivity (Wildman–Crippen MR) is 70.6 cm³/mol. The van der Waals surface area contributed by atoms with Crippen LogP contribution < -0.4 is 4.90 Å². The van der Waals surface area contributed by atoms with E-state index in [9.17, 15) is 4.79 Å². The normalized spacial score (nSPS) is 19.5. The summed E-state index contributed by atoms with van der Waals surface area (Å²) in [6, 6.07) is 7.83. The molecule has 1 heterocycles. The summed E-state index contributed by atoms with van der Waals surface area (Å²) in [4.78, 5) is 13.3. The molecule has 0 bridgehead atoms. The number of benzene rings is 1. The molecule has 1 saturated heterocycles. The van der Waals surface area contributed by atoms with E-state index in [-0.39, 0.29) is 4.75 Å². The lowest BCUT2D eigenvalue weighted by Gasteiger charge is -2.39. The van der Waals surface area contributed by atoms with Crippen molar-refractivity contribution in [2.24, 2.45) is 0 Å². The van der Waals surface area contributed by atoms with Crippen LogP contribution in [0.15, 0.2) is 24.3 Å². The minimum absolute atomic E-state index is 0.272. The molecular formula is C13H17NOS. The Morgan fingerprint density at radius 3 is 2.81 bits per heavy atom. The van der Waals surface area contributed by atoms with Crippen LogP contribution in [0.3, 0.4) is 0 Å². The minimum Gasteiger partial charge on any atom is -0.369 e. The maximum absolute atomic E-state index is 11.0. The van der Waals surface area contributed by atoms with Crippen molar-refractivity contribution in [3.8, 4) is 0 Å². The number of hydrogen-bond donors (Lipinski definition) is 0. The maximum Gasteiger partial charge on any atom is 0.152 e. The van der Waals surface area contributed by atoms with Crippen LogP contribution in [0, 0.1) is 0 Å². The second-order valence-corrected chi connectivity index (χ2v) is 6.51. The van der Waals surface area contributed by atoms with Gasteiger partial charge in [0.1, 0.15) is 0 Å². The Kier molecular flexibility index (Phi) is 3.24. The van der Waals surface area contributed by atoms with Gasteiger partial charge < -0.3 is 4.90 Å². The summed E-state index contributed by atoms with van der Waals surface area (Å²) in [6.07, 6.45) is 0.948. The highest BCUT2D eigenvalue weighted by molar-refractivity contribution is 8.00. The number of anilines is 1. The highest BCUT2D eigenvalue weighted by Crippen LogP contribution is 2.33. The molecule has 0 atom stereocenters. The van der Waals surface area contributed by atoms with Gasteiger partial charge in [0.25, 0.3) is 0 Å². The quantitative estimate of drug-likeness (QED) is 0.735. The van der Waals surface area contributed by atoms with Crippen LogP contribution in [0.4, 0.5) is 5.69 Å². The lowest BCUT2D eigenvalue weighted by molar-refractivity contribution is 0.112. The van der Waals surface area contributed by atoms with Crippen molar-refractivity contribution < 1.29 is 4.79 Å². The molecule has 0 amide bonds. The molecular weight excluding hydrogens is 218 g/mol. The van der Waals surface area contributed by atoms with Gasteiger partial charge in [-0.05, 0) is 26.0 Å². The van der Waals surface area contributed by atoms with Gasteiger partial charge in [0.05, 0.1) is 0 Å². The number of para-hydroxylation sites is 1. The van der Waals surface area contributed by atoms with E-state index in [1.165, 1.54) is 0 Å². The molecule has 0 N–H and O–H groups in total. The van der Waals surface area contributed by atoms with Gasteiger partial charge in [-0.1, -0.05) is 12.1 Å². The second-order valence-electron chi connectivity index (χ2n) is 4.71. The summed E-state index contributed by atoms with van der Waals surface area (Å²) in [5.41, 5.74) is 1.87. The third kappa shape index (κ3) is 2.40. The first kappa shape index (κ1) is 11.5. The Balaban J connectivity index is 2.26. The number of rotatable bonds is 2. The van der Waals surface area contributed by atoms with Crippen LogP contribution in [0.5, 0.6) is 0 Å². The van der Waals surface area contributed by atoms with Crippen molar-refractivity contribution >= 4 is 23.7 Å². The molecule has 1 aliphatic rings. The summed E-state index contributed by atoms with van der Waals surface area (Å²) < 4.78 is 0.272. The fourth-order valence-electron chi connectivity index (χ4n) is 2.10. The molecule has 0 spiro atoms. The van der Waals surface area contributed by atoms with Crippen LogP contribution >= 0.6 is 11.8 Å². The third-order valence-electron chi connectivity index (χ3n) is 2.83. The summed E-state index contributed by atoms with van der Waals surface area (Å²) in [5, 5.41) is 0. The van der Waals surface area contributed by atoms with Crippen LogP contribution in [0.1, 0.15) is 24.2 Å². The Morgan fingerprint density at radius 2 is 2.12 bits per heavy atom. The molecule has 1 aromatic rings. The first-order valence-corrected chi connectivity index (χ1v) is 6.54. The molecule has 86 valence electrons. The zero-order valence-corrected chi connectivity index (χ0v) is 10.6. The monoisotopic (exact) mass is 235 g/mol. The fraction of sp³-hybridized carbons (Fsp3) is 0.462. The molecule has 2 rings (SSSR count). The number of hydrogen-bond acceptors (Lipinski definition) is 3. The highest BCUT2D eigenvalue weighted by Gasteiger charge is 2.27. The van der Waals surface area contributed by atoms with Gasteiger partial charge in [0, 0.05) is 34.8 Å². The Labute approximate surface area is 101 Å². The average molecular weight is 235 g/mol. The Hall–Kier alpha value is -0.960. The average Bonchev–Trinajstić information content (AvgIpc) is 2.27. The Bertz CT molecular complexity index is 389. The molecule has 1 aromatic carbocycles. The molecule has 0 unspecified atom stereocenters. The van der Waals surface area contributed by atoms with Crippen molar-refractivity contribution in [1.82, 2.24) is 0 Å². The maximum atomic E-state index is 11.0. The van der Waals surface area contributed by atoms with E-state index in [2.05, 4.69) is 18.7 Å². The number of aldehydes is 1. The van der Waals surface area contributed by atoms with Crippen molar-refractivity contribution in [1.29, 1.82) is 0 Å². The lowest BCUT2D eigenvalue weighted by Crippen LogP contribution is -2.43. The summed E-state index contributed by atoms with van der Waals surface area (Å²) in [5.74, 6) is 1.13. The standard InChI is InChI=1S/C13H17NOS/c1-13(2)10-14(7-8-16-13)12-6-4-3-5-11(12)9-15/h3-6,9H,7-8,10H2,1-2H3. The Morgan fingerprint density at radius 1 is 1.38 bits per heavy atom. The van der Waals surface area contributed by atoms with E-state index < -0.39 is 0 Å². The molecule has 16 heavy (non-hydrogen) atoms. The van der Waals surface area contributed by atoms with Crippen LogP contribution in [0.2, 0.25) is 0 Å². The number of thioether (sulfide) groups is 1. The van der Waals surface area contributed by atoms with E-state index in [0.29, 0.717) is 0 Å². The van der Waals surface area contributed by atoms with Gasteiger partial charge in [0.2, 0.25) is 0 Å². The molecule has 3 heteroatoms. The fourth-order valence-corrected chi connectivity index (χ4v) is 3.21. The van der Waals surface area contributed by atoms with E-state index in [0.717, 1.165) is 36.4 Å². The molecule has 0 saturated carbocycles. The van der Waals surface area contributed by atoms with Gasteiger partial charge in [-0.3, -0.25) is 4.79 Å². The van der Waals surface area contributed by atoms with E-state index in [1.54, 1.807) is 0 Å². The molecule has 0 radical (unpaired) electrons. The van der Waals surface area contributed by atoms with E-state index in [4.69, 9.17) is 0 Å². The first-order chi connectivity index (χ1) is 7.62.